The second kappa shape index (κ2) is 10.3. The number of cyclic esters (lactones) is 1. The lowest BCUT2D eigenvalue weighted by molar-refractivity contribution is -0.134. The Morgan fingerprint density at radius 3 is 2.75 bits per heavy atom. The van der Waals surface area contributed by atoms with Gasteiger partial charge >= 0.3 is 5.97 Å². The second-order valence-electron chi connectivity index (χ2n) is 8.64. The maximum absolute atomic E-state index is 13.9. The number of hydrogen-bond acceptors (Lipinski definition) is 5. The van der Waals surface area contributed by atoms with Crippen molar-refractivity contribution in [3.63, 3.8) is 0 Å². The molecule has 0 aromatic heterocycles. The van der Waals surface area contributed by atoms with Crippen molar-refractivity contribution < 1.29 is 23.8 Å². The fourth-order valence-corrected chi connectivity index (χ4v) is 4.35. The number of hydrogen-bond donors (Lipinski definition) is 1. The third-order valence-electron chi connectivity index (χ3n) is 6.27. The van der Waals surface area contributed by atoms with Gasteiger partial charge in [0.15, 0.2) is 0 Å². The van der Waals surface area contributed by atoms with Gasteiger partial charge in [0.25, 0.3) is 0 Å². The van der Waals surface area contributed by atoms with E-state index in [1.165, 1.54) is 0 Å². The minimum absolute atomic E-state index is 0.141. The summed E-state index contributed by atoms with van der Waals surface area (Å²) in [5.74, 6) is 0.575. The predicted octanol–water partition coefficient (Wildman–Crippen LogP) is 4.08. The second-order valence-corrected chi connectivity index (χ2v) is 8.64. The van der Waals surface area contributed by atoms with Crippen LogP contribution in [0.3, 0.4) is 0 Å². The SMILES string of the molecule is Cc1ccc(C2CCN(C[C@H](O)COc3ccccc3C=C3CCOC3=O)CC2)cc1F. The molecule has 2 aromatic rings. The number of nitrogens with zero attached hydrogens (tertiary/aromatic N) is 1. The molecule has 6 heteroatoms. The zero-order chi connectivity index (χ0) is 22.5. The van der Waals surface area contributed by atoms with Crippen molar-refractivity contribution in [2.75, 3.05) is 32.8 Å². The number of para-hydroxylation sites is 1. The highest BCUT2D eigenvalue weighted by atomic mass is 19.1. The molecular weight excluding hydrogens is 409 g/mol. The molecule has 0 spiro atoms. The Morgan fingerprint density at radius 2 is 2.03 bits per heavy atom. The van der Waals surface area contributed by atoms with Gasteiger partial charge in [-0.3, -0.25) is 0 Å². The van der Waals surface area contributed by atoms with Crippen molar-refractivity contribution in [2.24, 2.45) is 0 Å². The quantitative estimate of drug-likeness (QED) is 0.520. The van der Waals surface area contributed by atoms with E-state index in [0.29, 0.717) is 42.4 Å². The Balaban J connectivity index is 1.27. The summed E-state index contributed by atoms with van der Waals surface area (Å²) in [7, 11) is 0. The number of esters is 1. The van der Waals surface area contributed by atoms with Crippen LogP contribution in [0.5, 0.6) is 5.75 Å². The fourth-order valence-electron chi connectivity index (χ4n) is 4.35. The van der Waals surface area contributed by atoms with Crippen LogP contribution >= 0.6 is 0 Å². The molecule has 32 heavy (non-hydrogen) atoms. The maximum Gasteiger partial charge on any atom is 0.334 e. The summed E-state index contributed by atoms with van der Waals surface area (Å²) in [6, 6.07) is 13.0. The van der Waals surface area contributed by atoms with Gasteiger partial charge in [0.1, 0.15) is 24.3 Å². The van der Waals surface area contributed by atoms with Crippen LogP contribution in [-0.2, 0) is 9.53 Å². The van der Waals surface area contributed by atoms with E-state index in [4.69, 9.17) is 9.47 Å². The molecule has 2 heterocycles. The van der Waals surface area contributed by atoms with Crippen LogP contribution < -0.4 is 4.74 Å². The molecule has 5 nitrogen and oxygen atoms in total. The molecule has 1 N–H and O–H groups in total. The number of piperidine rings is 1. The molecule has 0 unspecified atom stereocenters. The lowest BCUT2D eigenvalue weighted by atomic mass is 9.89. The van der Waals surface area contributed by atoms with E-state index in [1.807, 2.05) is 36.4 Å². The van der Waals surface area contributed by atoms with Crippen molar-refractivity contribution in [1.82, 2.24) is 4.90 Å². The fraction of sp³-hybridized carbons (Fsp3) is 0.423. The number of carbonyl (C=O) groups is 1. The van der Waals surface area contributed by atoms with Crippen molar-refractivity contribution >= 4 is 12.0 Å². The molecular formula is C26H30FNO4. The van der Waals surface area contributed by atoms with Crippen LogP contribution in [0.25, 0.3) is 6.08 Å². The van der Waals surface area contributed by atoms with Crippen molar-refractivity contribution in [1.29, 1.82) is 0 Å². The highest BCUT2D eigenvalue weighted by Crippen LogP contribution is 2.29. The Labute approximate surface area is 188 Å². The van der Waals surface area contributed by atoms with Crippen molar-refractivity contribution in [3.05, 3.63) is 70.5 Å². The number of likely N-dealkylation sites (tertiary alicyclic amines) is 1. The number of halogens is 1. The number of ether oxygens (including phenoxy) is 2. The zero-order valence-corrected chi connectivity index (χ0v) is 18.4. The topological polar surface area (TPSA) is 59.0 Å². The van der Waals surface area contributed by atoms with Crippen LogP contribution in [0.4, 0.5) is 4.39 Å². The highest BCUT2D eigenvalue weighted by Gasteiger charge is 2.23. The standard InChI is InChI=1S/C26H30FNO4/c1-18-6-7-20(15-24(18)27)19-8-11-28(12-9-19)16-23(29)17-32-25-5-3-2-4-21(25)14-22-10-13-31-26(22)30/h2-7,14-15,19,23,29H,8-13,16-17H2,1H3/t23-/m0/s1. The van der Waals surface area contributed by atoms with Gasteiger partial charge in [-0.1, -0.05) is 30.3 Å². The number of aryl methyl sites for hydroxylation is 1. The molecule has 2 aliphatic heterocycles. The van der Waals surface area contributed by atoms with Gasteiger partial charge in [-0.2, -0.15) is 0 Å². The van der Waals surface area contributed by atoms with Gasteiger partial charge < -0.3 is 19.5 Å². The predicted molar refractivity (Wildman–Crippen MR) is 121 cm³/mol. The Bertz CT molecular complexity index is 982. The summed E-state index contributed by atoms with van der Waals surface area (Å²) in [5, 5.41) is 10.5. The Morgan fingerprint density at radius 1 is 1.25 bits per heavy atom. The molecule has 1 atom stereocenters. The lowest BCUT2D eigenvalue weighted by Crippen LogP contribution is -2.40. The van der Waals surface area contributed by atoms with Crippen LogP contribution in [0.15, 0.2) is 48.0 Å². The van der Waals surface area contributed by atoms with Gasteiger partial charge in [0, 0.05) is 24.1 Å². The number of aliphatic hydroxyl groups is 1. The molecule has 4 rings (SSSR count). The number of benzene rings is 2. The van der Waals surface area contributed by atoms with Gasteiger partial charge in [0.05, 0.1) is 6.61 Å². The number of rotatable bonds is 7. The van der Waals surface area contributed by atoms with E-state index in [2.05, 4.69) is 4.90 Å². The van der Waals surface area contributed by atoms with E-state index in [0.717, 1.165) is 37.1 Å². The van der Waals surface area contributed by atoms with E-state index in [-0.39, 0.29) is 18.4 Å². The molecule has 170 valence electrons. The summed E-state index contributed by atoms with van der Waals surface area (Å²) >= 11 is 0. The average molecular weight is 440 g/mol. The molecule has 2 aliphatic rings. The molecule has 0 saturated carbocycles. The highest BCUT2D eigenvalue weighted by molar-refractivity contribution is 5.95. The van der Waals surface area contributed by atoms with Crippen LogP contribution in [0, 0.1) is 12.7 Å². The van der Waals surface area contributed by atoms with Gasteiger partial charge in [0.2, 0.25) is 0 Å². The van der Waals surface area contributed by atoms with Crippen LogP contribution in [-0.4, -0.2) is 54.9 Å². The number of carbonyl (C=O) groups excluding carboxylic acids is 1. The Hall–Kier alpha value is -2.70. The Kier molecular flexibility index (Phi) is 7.22. The lowest BCUT2D eigenvalue weighted by Gasteiger charge is -2.33. The summed E-state index contributed by atoms with van der Waals surface area (Å²) < 4.78 is 24.8. The van der Waals surface area contributed by atoms with Gasteiger partial charge in [-0.05, 0) is 68.1 Å². The third-order valence-corrected chi connectivity index (χ3v) is 6.27. The minimum Gasteiger partial charge on any atom is -0.490 e. The number of aliphatic hydroxyl groups excluding tert-OH is 1. The van der Waals surface area contributed by atoms with Crippen LogP contribution in [0.2, 0.25) is 0 Å². The van der Waals surface area contributed by atoms with Gasteiger partial charge in [-0.15, -0.1) is 0 Å². The minimum atomic E-state index is -0.625. The molecule has 0 aliphatic carbocycles. The summed E-state index contributed by atoms with van der Waals surface area (Å²) in [6.07, 6.45) is 3.67. The van der Waals surface area contributed by atoms with E-state index in [1.54, 1.807) is 19.1 Å². The third kappa shape index (κ3) is 5.56. The first-order chi connectivity index (χ1) is 15.5. The van der Waals surface area contributed by atoms with Crippen LogP contribution in [0.1, 0.15) is 41.9 Å². The smallest absolute Gasteiger partial charge is 0.334 e. The summed E-state index contributed by atoms with van der Waals surface area (Å²) in [5.41, 5.74) is 3.18. The molecule has 2 fully saturated rings. The van der Waals surface area contributed by atoms with Gasteiger partial charge in [-0.25, -0.2) is 9.18 Å². The molecule has 2 saturated heterocycles. The monoisotopic (exact) mass is 439 g/mol. The molecule has 2 aromatic carbocycles. The summed E-state index contributed by atoms with van der Waals surface area (Å²) in [4.78, 5) is 14.0. The average Bonchev–Trinajstić information content (AvgIpc) is 3.20. The first-order valence-electron chi connectivity index (χ1n) is 11.3. The van der Waals surface area contributed by atoms with E-state index < -0.39 is 6.10 Å². The first kappa shape index (κ1) is 22.5. The normalized spacial score (nSPS) is 19.8. The summed E-state index contributed by atoms with van der Waals surface area (Å²) in [6.45, 7) is 4.63. The van der Waals surface area contributed by atoms with Crippen molar-refractivity contribution in [2.45, 2.75) is 38.2 Å². The van der Waals surface area contributed by atoms with Crippen molar-refractivity contribution in [3.8, 4) is 5.75 Å². The number of β-amino-alcohol motifs (C(OH)–C–C–N with tert-alkyl or cyclic N) is 1. The first-order valence-corrected chi connectivity index (χ1v) is 11.3. The largest absolute Gasteiger partial charge is 0.490 e. The van der Waals surface area contributed by atoms with E-state index >= 15 is 0 Å². The molecule has 0 bridgehead atoms. The van der Waals surface area contributed by atoms with E-state index in [9.17, 15) is 14.3 Å². The molecule has 0 amide bonds. The maximum atomic E-state index is 13.9. The molecule has 0 radical (unpaired) electrons. The zero-order valence-electron chi connectivity index (χ0n) is 18.4.